The molecular formula is C23H16. The Morgan fingerprint density at radius 2 is 1.30 bits per heavy atom. The summed E-state index contributed by atoms with van der Waals surface area (Å²) >= 11 is 0. The molecule has 0 unspecified atom stereocenters. The van der Waals surface area contributed by atoms with Gasteiger partial charge in [0.15, 0.2) is 0 Å². The van der Waals surface area contributed by atoms with E-state index >= 15 is 0 Å². The summed E-state index contributed by atoms with van der Waals surface area (Å²) in [6, 6.07) is 20.0. The largest absolute Gasteiger partial charge is 0.0984 e. The standard InChI is InChI=1S/C23H16/c1-3-14-8-9-16-12-13-17-11-10-15-6-5-7-19-18(4-2)20(14)22(16)23(17)21(15)19/h3-13H,2H2,1H3/b14-3-. The van der Waals surface area contributed by atoms with Crippen LogP contribution < -0.4 is 5.22 Å². The van der Waals surface area contributed by atoms with Crippen LogP contribution in [0.1, 0.15) is 12.5 Å². The Morgan fingerprint density at radius 3 is 1.96 bits per heavy atom. The highest BCUT2D eigenvalue weighted by Crippen LogP contribution is 2.41. The second kappa shape index (κ2) is 4.33. The van der Waals surface area contributed by atoms with Gasteiger partial charge in [-0.25, -0.2) is 0 Å². The quantitative estimate of drug-likeness (QED) is 0.266. The lowest BCUT2D eigenvalue weighted by molar-refractivity contribution is 1.68. The van der Waals surface area contributed by atoms with Gasteiger partial charge < -0.3 is 0 Å². The Kier molecular flexibility index (Phi) is 2.38. The zero-order valence-electron chi connectivity index (χ0n) is 13.1. The van der Waals surface area contributed by atoms with Crippen LogP contribution >= 0.6 is 0 Å². The molecule has 5 aromatic carbocycles. The Morgan fingerprint density at radius 1 is 0.696 bits per heavy atom. The number of hydrogen-bond donors (Lipinski definition) is 0. The molecule has 0 heteroatoms. The first kappa shape index (κ1) is 12.7. The van der Waals surface area contributed by atoms with Crippen molar-refractivity contribution < 1.29 is 0 Å². The van der Waals surface area contributed by atoms with E-state index < -0.39 is 0 Å². The first-order valence-electron chi connectivity index (χ1n) is 8.04. The first-order chi connectivity index (χ1) is 11.3. The number of benzene rings is 5. The molecule has 0 aromatic heterocycles. The van der Waals surface area contributed by atoms with Crippen molar-refractivity contribution in [3.05, 3.63) is 72.0 Å². The lowest BCUT2D eigenvalue weighted by Crippen LogP contribution is -2.04. The summed E-state index contributed by atoms with van der Waals surface area (Å²) in [5.74, 6) is 0. The van der Waals surface area contributed by atoms with Gasteiger partial charge in [0, 0.05) is 0 Å². The second-order valence-electron chi connectivity index (χ2n) is 6.17. The predicted octanol–water partition coefficient (Wildman–Crippen LogP) is 5.90. The SMILES string of the molecule is C=Cc1c2cccc3ccc4ccc5cc/c(=C/C)c1c5c4c32. The topological polar surface area (TPSA) is 0 Å². The van der Waals surface area contributed by atoms with Gasteiger partial charge in [-0.3, -0.25) is 0 Å². The molecule has 0 saturated carbocycles. The van der Waals surface area contributed by atoms with Gasteiger partial charge >= 0.3 is 0 Å². The van der Waals surface area contributed by atoms with E-state index in [4.69, 9.17) is 0 Å². The molecule has 0 spiro atoms. The van der Waals surface area contributed by atoms with E-state index in [1.165, 1.54) is 53.9 Å². The molecule has 0 saturated heterocycles. The Labute approximate surface area is 134 Å². The zero-order chi connectivity index (χ0) is 15.6. The third-order valence-electron chi connectivity index (χ3n) is 5.11. The fraction of sp³-hybridized carbons (Fsp3) is 0.0435. The molecule has 0 atom stereocenters. The summed E-state index contributed by atoms with van der Waals surface area (Å²) in [5.41, 5.74) is 1.25. The van der Waals surface area contributed by atoms with E-state index in [0.29, 0.717) is 0 Å². The molecule has 5 rings (SSSR count). The second-order valence-corrected chi connectivity index (χ2v) is 6.17. The fourth-order valence-corrected chi connectivity index (χ4v) is 4.13. The van der Waals surface area contributed by atoms with E-state index in [1.54, 1.807) is 0 Å². The molecule has 0 N–H and O–H groups in total. The van der Waals surface area contributed by atoms with Gasteiger partial charge in [-0.2, -0.15) is 0 Å². The fourth-order valence-electron chi connectivity index (χ4n) is 4.13. The zero-order valence-corrected chi connectivity index (χ0v) is 13.1. The number of rotatable bonds is 1. The molecule has 0 heterocycles. The molecule has 23 heavy (non-hydrogen) atoms. The van der Waals surface area contributed by atoms with Gasteiger partial charge in [0.2, 0.25) is 0 Å². The molecule has 0 bridgehead atoms. The highest BCUT2D eigenvalue weighted by molar-refractivity contribution is 6.33. The van der Waals surface area contributed by atoms with E-state index in [9.17, 15) is 0 Å². The van der Waals surface area contributed by atoms with Gasteiger partial charge in [-0.15, -0.1) is 0 Å². The van der Waals surface area contributed by atoms with Crippen LogP contribution in [0.3, 0.4) is 0 Å². The van der Waals surface area contributed by atoms with Crippen molar-refractivity contribution in [2.75, 3.05) is 0 Å². The molecule has 108 valence electrons. The van der Waals surface area contributed by atoms with Crippen molar-refractivity contribution in [2.45, 2.75) is 6.92 Å². The maximum Gasteiger partial charge on any atom is -0.00141 e. The van der Waals surface area contributed by atoms with Crippen LogP contribution in [0.25, 0.3) is 55.2 Å². The summed E-state index contributed by atoms with van der Waals surface area (Å²) in [7, 11) is 0. The molecule has 0 aliphatic heterocycles. The maximum absolute atomic E-state index is 4.12. The van der Waals surface area contributed by atoms with Crippen molar-refractivity contribution >= 4 is 55.2 Å². The van der Waals surface area contributed by atoms with Crippen LogP contribution in [-0.4, -0.2) is 0 Å². The van der Waals surface area contributed by atoms with Gasteiger partial charge in [-0.1, -0.05) is 73.3 Å². The van der Waals surface area contributed by atoms with Crippen LogP contribution in [0.2, 0.25) is 0 Å². The van der Waals surface area contributed by atoms with Crippen molar-refractivity contribution in [1.82, 2.24) is 0 Å². The summed E-state index contributed by atoms with van der Waals surface area (Å²) < 4.78 is 0. The van der Waals surface area contributed by atoms with Gasteiger partial charge in [0.05, 0.1) is 0 Å². The predicted molar refractivity (Wildman–Crippen MR) is 103 cm³/mol. The Balaban J connectivity index is 2.35. The molecular weight excluding hydrogens is 276 g/mol. The summed E-state index contributed by atoms with van der Waals surface area (Å²) in [4.78, 5) is 0. The lowest BCUT2D eigenvalue weighted by Gasteiger charge is -2.17. The van der Waals surface area contributed by atoms with Gasteiger partial charge in [-0.05, 0) is 60.8 Å². The van der Waals surface area contributed by atoms with E-state index in [0.717, 1.165) is 0 Å². The smallest absolute Gasteiger partial charge is 0.00141 e. The third kappa shape index (κ3) is 1.46. The van der Waals surface area contributed by atoms with Crippen LogP contribution in [0.4, 0.5) is 0 Å². The minimum Gasteiger partial charge on any atom is -0.0984 e. The monoisotopic (exact) mass is 292 g/mol. The summed E-state index contributed by atoms with van der Waals surface area (Å²) in [6.07, 6.45) is 4.22. The highest BCUT2D eigenvalue weighted by Gasteiger charge is 2.15. The molecule has 5 aromatic rings. The summed E-state index contributed by atoms with van der Waals surface area (Å²) in [5, 5.41) is 12.0. The van der Waals surface area contributed by atoms with E-state index in [-0.39, 0.29) is 0 Å². The lowest BCUT2D eigenvalue weighted by atomic mass is 9.86. The van der Waals surface area contributed by atoms with Gasteiger partial charge in [0.1, 0.15) is 0 Å². The van der Waals surface area contributed by atoms with Crippen LogP contribution in [0.5, 0.6) is 0 Å². The van der Waals surface area contributed by atoms with Crippen LogP contribution in [-0.2, 0) is 0 Å². The van der Waals surface area contributed by atoms with Gasteiger partial charge in [0.25, 0.3) is 0 Å². The summed E-state index contributed by atoms with van der Waals surface area (Å²) in [6.45, 7) is 6.23. The molecule has 0 radical (unpaired) electrons. The van der Waals surface area contributed by atoms with Crippen LogP contribution in [0, 0.1) is 0 Å². The average molecular weight is 292 g/mol. The van der Waals surface area contributed by atoms with Crippen LogP contribution in [0.15, 0.2) is 61.2 Å². The maximum atomic E-state index is 4.12. The Bertz CT molecular complexity index is 1270. The van der Waals surface area contributed by atoms with Crippen molar-refractivity contribution in [2.24, 2.45) is 0 Å². The van der Waals surface area contributed by atoms with Crippen molar-refractivity contribution in [1.29, 1.82) is 0 Å². The van der Waals surface area contributed by atoms with E-state index in [1.807, 2.05) is 6.08 Å². The Hall–Kier alpha value is -2.86. The third-order valence-corrected chi connectivity index (χ3v) is 5.11. The molecule has 0 fully saturated rings. The minimum atomic E-state index is 1.25. The van der Waals surface area contributed by atoms with E-state index in [2.05, 4.69) is 74.2 Å². The molecule has 0 nitrogen and oxygen atoms in total. The highest BCUT2D eigenvalue weighted by atomic mass is 14.2. The number of hydrogen-bond acceptors (Lipinski definition) is 0. The normalized spacial score (nSPS) is 13.0. The average Bonchev–Trinajstić information content (AvgIpc) is 2.61. The molecule has 0 amide bonds. The minimum absolute atomic E-state index is 1.25. The van der Waals surface area contributed by atoms with Crippen molar-refractivity contribution in [3.63, 3.8) is 0 Å². The first-order valence-corrected chi connectivity index (χ1v) is 8.04. The molecule has 0 aliphatic rings. The molecule has 0 aliphatic carbocycles. The van der Waals surface area contributed by atoms with Crippen molar-refractivity contribution in [3.8, 4) is 0 Å².